The Bertz CT molecular complexity index is 763. The molecule has 1 unspecified atom stereocenters. The molecule has 1 heterocycles. The van der Waals surface area contributed by atoms with Gasteiger partial charge in [-0.05, 0) is 41.0 Å². The second-order valence-electron chi connectivity index (χ2n) is 6.99. The lowest BCUT2D eigenvalue weighted by atomic mass is 9.96. The Labute approximate surface area is 148 Å². The van der Waals surface area contributed by atoms with Gasteiger partial charge >= 0.3 is 0 Å². The minimum absolute atomic E-state index is 0.226. The van der Waals surface area contributed by atoms with E-state index >= 15 is 0 Å². The number of fused-ring (bicyclic) bond motifs is 1. The molecule has 1 N–H and O–H groups in total. The van der Waals surface area contributed by atoms with E-state index in [0.29, 0.717) is 16.5 Å². The second-order valence-corrected chi connectivity index (χ2v) is 12.4. The van der Waals surface area contributed by atoms with Gasteiger partial charge in [-0.1, -0.05) is 55.1 Å². The van der Waals surface area contributed by atoms with Gasteiger partial charge in [-0.25, -0.2) is 0 Å². The molecule has 126 valence electrons. The first-order chi connectivity index (χ1) is 11.3. The standard InChI is InChI=1S/C19H21ClO3Si/c1-24(2,3)11-16(13-4-7-15(20)8-5-13)19(21)14-6-9-17-18(10-14)23-12-22-17/h4-11,19,21H,12H2,1-3H3/b16-11+. The van der Waals surface area contributed by atoms with E-state index in [0.717, 1.165) is 16.7 Å². The minimum atomic E-state index is -1.54. The summed E-state index contributed by atoms with van der Waals surface area (Å²) in [6.07, 6.45) is -0.729. The third kappa shape index (κ3) is 3.83. The summed E-state index contributed by atoms with van der Waals surface area (Å²) in [5, 5.41) is 11.7. The van der Waals surface area contributed by atoms with Gasteiger partial charge in [-0.15, -0.1) is 0 Å². The van der Waals surface area contributed by atoms with Crippen molar-refractivity contribution in [3.63, 3.8) is 0 Å². The first-order valence-electron chi connectivity index (χ1n) is 7.90. The van der Waals surface area contributed by atoms with Gasteiger partial charge in [0.1, 0.15) is 6.10 Å². The van der Waals surface area contributed by atoms with E-state index in [1.165, 1.54) is 0 Å². The third-order valence-corrected chi connectivity index (χ3v) is 5.20. The number of aliphatic hydroxyl groups excluding tert-OH is 1. The molecule has 3 nitrogen and oxygen atoms in total. The summed E-state index contributed by atoms with van der Waals surface area (Å²) < 4.78 is 10.8. The van der Waals surface area contributed by atoms with E-state index in [1.807, 2.05) is 42.5 Å². The molecule has 0 saturated heterocycles. The fourth-order valence-corrected chi connectivity index (χ4v) is 4.08. The van der Waals surface area contributed by atoms with E-state index < -0.39 is 14.2 Å². The lowest BCUT2D eigenvalue weighted by Gasteiger charge is -2.21. The summed E-state index contributed by atoms with van der Waals surface area (Å²) in [7, 11) is -1.54. The maximum Gasteiger partial charge on any atom is 0.231 e. The van der Waals surface area contributed by atoms with Crippen LogP contribution in [0.5, 0.6) is 11.5 Å². The molecule has 0 aliphatic carbocycles. The number of ether oxygens (including phenoxy) is 2. The van der Waals surface area contributed by atoms with Crippen molar-refractivity contribution in [1.82, 2.24) is 0 Å². The number of aliphatic hydroxyl groups is 1. The first kappa shape index (κ1) is 17.1. The lowest BCUT2D eigenvalue weighted by Crippen LogP contribution is -2.18. The van der Waals surface area contributed by atoms with Crippen molar-refractivity contribution in [3.8, 4) is 11.5 Å². The van der Waals surface area contributed by atoms with Crippen LogP contribution in [0.2, 0.25) is 24.7 Å². The van der Waals surface area contributed by atoms with Crippen molar-refractivity contribution in [1.29, 1.82) is 0 Å². The summed E-state index contributed by atoms with van der Waals surface area (Å²) in [6.45, 7) is 6.96. The van der Waals surface area contributed by atoms with Gasteiger partial charge in [0, 0.05) is 5.02 Å². The van der Waals surface area contributed by atoms with Gasteiger partial charge in [0.2, 0.25) is 6.79 Å². The quantitative estimate of drug-likeness (QED) is 0.774. The Hall–Kier alpha value is -1.75. The first-order valence-corrected chi connectivity index (χ1v) is 11.9. The predicted molar refractivity (Wildman–Crippen MR) is 100 cm³/mol. The molecule has 0 saturated carbocycles. The highest BCUT2D eigenvalue weighted by Crippen LogP contribution is 2.38. The summed E-state index contributed by atoms with van der Waals surface area (Å²) in [4.78, 5) is 0. The maximum atomic E-state index is 11.0. The van der Waals surface area contributed by atoms with E-state index in [1.54, 1.807) is 0 Å². The fourth-order valence-electron chi connectivity index (χ4n) is 2.69. The number of benzene rings is 2. The number of halogens is 1. The summed E-state index contributed by atoms with van der Waals surface area (Å²) in [5.74, 6) is 1.39. The summed E-state index contributed by atoms with van der Waals surface area (Å²) >= 11 is 6.01. The monoisotopic (exact) mass is 360 g/mol. The van der Waals surface area contributed by atoms with Gasteiger partial charge in [0.15, 0.2) is 11.5 Å². The molecule has 0 radical (unpaired) electrons. The van der Waals surface area contributed by atoms with Gasteiger partial charge in [0.05, 0.1) is 8.07 Å². The number of hydrogen-bond acceptors (Lipinski definition) is 3. The molecule has 2 aromatic carbocycles. The molecule has 1 aliphatic rings. The van der Waals surface area contributed by atoms with Crippen LogP contribution in [0.3, 0.4) is 0 Å². The average molecular weight is 361 g/mol. The Morgan fingerprint density at radius 3 is 2.42 bits per heavy atom. The maximum absolute atomic E-state index is 11.0. The Kier molecular flexibility index (Phi) is 4.72. The molecule has 2 aromatic rings. The molecular weight excluding hydrogens is 340 g/mol. The van der Waals surface area contributed by atoms with Crippen molar-refractivity contribution < 1.29 is 14.6 Å². The van der Waals surface area contributed by atoms with Crippen LogP contribution >= 0.6 is 11.6 Å². The molecule has 0 spiro atoms. The van der Waals surface area contributed by atoms with Crippen LogP contribution in [0.25, 0.3) is 5.57 Å². The van der Waals surface area contributed by atoms with Crippen molar-refractivity contribution in [3.05, 3.63) is 64.3 Å². The van der Waals surface area contributed by atoms with Crippen LogP contribution in [-0.4, -0.2) is 20.0 Å². The number of rotatable bonds is 4. The number of hydrogen-bond donors (Lipinski definition) is 1. The molecule has 3 rings (SSSR count). The fraction of sp³-hybridized carbons (Fsp3) is 0.263. The third-order valence-electron chi connectivity index (χ3n) is 3.77. The van der Waals surface area contributed by atoms with Crippen molar-refractivity contribution in [2.75, 3.05) is 6.79 Å². The molecule has 0 fully saturated rings. The van der Waals surface area contributed by atoms with E-state index in [9.17, 15) is 5.11 Å². The summed E-state index contributed by atoms with van der Waals surface area (Å²) in [5.41, 5.74) is 4.90. The smallest absolute Gasteiger partial charge is 0.231 e. The zero-order valence-corrected chi connectivity index (χ0v) is 15.8. The molecule has 1 aliphatic heterocycles. The van der Waals surface area contributed by atoms with Crippen molar-refractivity contribution >= 4 is 25.2 Å². The molecule has 24 heavy (non-hydrogen) atoms. The molecular formula is C19H21ClO3Si. The molecule has 0 aromatic heterocycles. The Balaban J connectivity index is 2.02. The van der Waals surface area contributed by atoms with Crippen LogP contribution in [0, 0.1) is 0 Å². The molecule has 0 bridgehead atoms. The summed E-state index contributed by atoms with van der Waals surface area (Å²) in [6, 6.07) is 13.2. The van der Waals surface area contributed by atoms with E-state index in [-0.39, 0.29) is 6.79 Å². The van der Waals surface area contributed by atoms with Gasteiger partial charge in [-0.3, -0.25) is 0 Å². The highest BCUT2D eigenvalue weighted by atomic mass is 35.5. The molecule has 5 heteroatoms. The van der Waals surface area contributed by atoms with Crippen LogP contribution < -0.4 is 9.47 Å². The largest absolute Gasteiger partial charge is 0.454 e. The highest BCUT2D eigenvalue weighted by molar-refractivity contribution is 6.81. The minimum Gasteiger partial charge on any atom is -0.454 e. The van der Waals surface area contributed by atoms with Gasteiger partial charge in [-0.2, -0.15) is 0 Å². The SMILES string of the molecule is C[Si](C)(C)/C=C(\c1ccc(Cl)cc1)C(O)c1ccc2c(c1)OCO2. The average Bonchev–Trinajstić information content (AvgIpc) is 2.99. The Morgan fingerprint density at radius 2 is 1.75 bits per heavy atom. The van der Waals surface area contributed by atoms with Gasteiger partial charge < -0.3 is 14.6 Å². The van der Waals surface area contributed by atoms with Crippen LogP contribution in [0.15, 0.2) is 48.2 Å². The highest BCUT2D eigenvalue weighted by Gasteiger charge is 2.22. The van der Waals surface area contributed by atoms with Crippen LogP contribution in [0.1, 0.15) is 17.2 Å². The molecule has 0 amide bonds. The lowest BCUT2D eigenvalue weighted by molar-refractivity contribution is 0.173. The van der Waals surface area contributed by atoms with Crippen molar-refractivity contribution in [2.45, 2.75) is 25.7 Å². The zero-order valence-electron chi connectivity index (χ0n) is 14.0. The van der Waals surface area contributed by atoms with E-state index in [2.05, 4.69) is 25.3 Å². The van der Waals surface area contributed by atoms with Crippen LogP contribution in [-0.2, 0) is 0 Å². The second kappa shape index (κ2) is 6.63. The van der Waals surface area contributed by atoms with Crippen LogP contribution in [0.4, 0.5) is 0 Å². The van der Waals surface area contributed by atoms with E-state index in [4.69, 9.17) is 21.1 Å². The molecule has 1 atom stereocenters. The zero-order chi connectivity index (χ0) is 17.3. The normalized spacial score (nSPS) is 15.5. The predicted octanol–water partition coefficient (Wildman–Crippen LogP) is 5.06. The Morgan fingerprint density at radius 1 is 1.08 bits per heavy atom. The van der Waals surface area contributed by atoms with Gasteiger partial charge in [0.25, 0.3) is 0 Å². The van der Waals surface area contributed by atoms with Crippen molar-refractivity contribution in [2.24, 2.45) is 0 Å². The topological polar surface area (TPSA) is 38.7 Å².